The molecular weight excluding hydrogens is 516 g/mol. The van der Waals surface area contributed by atoms with Crippen LogP contribution in [0, 0.1) is 26.2 Å². The van der Waals surface area contributed by atoms with E-state index in [1.807, 2.05) is 64.2 Å². The highest BCUT2D eigenvalue weighted by Gasteiger charge is 2.48. The first-order chi connectivity index (χ1) is 19.6. The summed E-state index contributed by atoms with van der Waals surface area (Å²) >= 11 is 0. The number of nitrogens with zero attached hydrogens (tertiary/aromatic N) is 3. The molecule has 9 nitrogen and oxygen atoms in total. The van der Waals surface area contributed by atoms with Crippen LogP contribution < -0.4 is 21.1 Å². The first kappa shape index (κ1) is 28.5. The number of piperazine rings is 1. The molecule has 0 bridgehead atoms. The summed E-state index contributed by atoms with van der Waals surface area (Å²) in [5, 5.41) is 6.06. The van der Waals surface area contributed by atoms with Crippen LogP contribution in [0.25, 0.3) is 11.1 Å². The van der Waals surface area contributed by atoms with Gasteiger partial charge in [0.1, 0.15) is 5.82 Å². The highest BCUT2D eigenvalue weighted by Crippen LogP contribution is 2.49. The van der Waals surface area contributed by atoms with Gasteiger partial charge in [0.05, 0.1) is 0 Å². The number of amides is 2. The third-order valence-electron chi connectivity index (χ3n) is 8.74. The average Bonchev–Trinajstić information content (AvgIpc) is 3.75. The van der Waals surface area contributed by atoms with Crippen LogP contribution in [0.15, 0.2) is 41.3 Å². The van der Waals surface area contributed by atoms with Crippen molar-refractivity contribution < 1.29 is 9.59 Å². The largest absolute Gasteiger partial charge is 0.354 e. The summed E-state index contributed by atoms with van der Waals surface area (Å²) in [6.07, 6.45) is 4.37. The van der Waals surface area contributed by atoms with Gasteiger partial charge in [0.15, 0.2) is 0 Å². The number of aromatic amines is 1. The fraction of sp³-hybridized carbons (Fsp3) is 0.438. The van der Waals surface area contributed by atoms with E-state index in [4.69, 9.17) is 4.98 Å². The summed E-state index contributed by atoms with van der Waals surface area (Å²) in [5.41, 5.74) is 4.99. The van der Waals surface area contributed by atoms with Gasteiger partial charge in [-0.3, -0.25) is 14.4 Å². The van der Waals surface area contributed by atoms with Crippen molar-refractivity contribution in [1.29, 1.82) is 0 Å². The summed E-state index contributed by atoms with van der Waals surface area (Å²) in [6.45, 7) is 11.5. The lowest BCUT2D eigenvalue weighted by molar-refractivity contribution is -0.121. The van der Waals surface area contributed by atoms with E-state index in [0.717, 1.165) is 73.6 Å². The number of hydrogen-bond donors (Lipinski definition) is 3. The number of likely N-dealkylation sites (N-methyl/N-ethyl adjacent to an activating group) is 1. The standard InChI is InChI=1S/C32H40N6O3/c1-6-32(9-10-32)31(41)36-27-17-24(23-7-8-28(33-18-23)38-13-11-37(5)12-14-38)16-25(22(27)4)29(39)34-19-26-20(2)15-21(3)35-30(26)40/h7-8,15-18H,6,9-14,19H2,1-5H3,(H,34,39)(H,35,40)(H,36,41). The Balaban J connectivity index is 1.45. The van der Waals surface area contributed by atoms with Crippen LogP contribution in [0.4, 0.5) is 11.5 Å². The second-order valence-corrected chi connectivity index (χ2v) is 11.6. The number of benzene rings is 1. The summed E-state index contributed by atoms with van der Waals surface area (Å²) in [4.78, 5) is 51.4. The lowest BCUT2D eigenvalue weighted by Crippen LogP contribution is -2.44. The van der Waals surface area contributed by atoms with Gasteiger partial charge in [-0.05, 0) is 94.1 Å². The number of rotatable bonds is 8. The first-order valence-corrected chi connectivity index (χ1v) is 14.4. The maximum atomic E-state index is 13.5. The van der Waals surface area contributed by atoms with E-state index in [1.165, 1.54) is 0 Å². The normalized spacial score (nSPS) is 16.4. The molecule has 3 N–H and O–H groups in total. The number of carbonyl (C=O) groups excluding carboxylic acids is 2. The molecule has 41 heavy (non-hydrogen) atoms. The summed E-state index contributed by atoms with van der Waals surface area (Å²) in [5.74, 6) is 0.618. The van der Waals surface area contributed by atoms with Crippen LogP contribution in [0.1, 0.15) is 58.9 Å². The number of carbonyl (C=O) groups is 2. The van der Waals surface area contributed by atoms with E-state index in [9.17, 15) is 14.4 Å². The van der Waals surface area contributed by atoms with Crippen LogP contribution in [0.3, 0.4) is 0 Å². The lowest BCUT2D eigenvalue weighted by atomic mass is 9.96. The Morgan fingerprint density at radius 3 is 2.37 bits per heavy atom. The molecule has 1 aromatic carbocycles. The third-order valence-corrected chi connectivity index (χ3v) is 8.74. The Labute approximate surface area is 241 Å². The van der Waals surface area contributed by atoms with Crippen LogP contribution >= 0.6 is 0 Å². The molecule has 1 aliphatic carbocycles. The van der Waals surface area contributed by atoms with Crippen molar-refractivity contribution in [2.45, 2.75) is 53.5 Å². The highest BCUT2D eigenvalue weighted by atomic mass is 16.2. The predicted octanol–water partition coefficient (Wildman–Crippen LogP) is 4.17. The van der Waals surface area contributed by atoms with Crippen LogP contribution in [0.2, 0.25) is 0 Å². The number of anilines is 2. The third kappa shape index (κ3) is 6.05. The zero-order valence-corrected chi connectivity index (χ0v) is 24.7. The Hall–Kier alpha value is -3.98. The topological polar surface area (TPSA) is 110 Å². The van der Waals surface area contributed by atoms with Crippen molar-refractivity contribution in [1.82, 2.24) is 20.2 Å². The molecule has 0 unspecified atom stereocenters. The van der Waals surface area contributed by atoms with Gasteiger partial charge in [0, 0.05) is 72.4 Å². The van der Waals surface area contributed by atoms with E-state index < -0.39 is 0 Å². The average molecular weight is 557 g/mol. The molecule has 1 aliphatic heterocycles. The Morgan fingerprint density at radius 1 is 1.02 bits per heavy atom. The van der Waals surface area contributed by atoms with Gasteiger partial charge >= 0.3 is 0 Å². The van der Waals surface area contributed by atoms with Gasteiger partial charge in [-0.1, -0.05) is 6.92 Å². The Bertz CT molecular complexity index is 1520. The minimum Gasteiger partial charge on any atom is -0.354 e. The van der Waals surface area contributed by atoms with E-state index in [1.54, 1.807) is 0 Å². The van der Waals surface area contributed by atoms with E-state index in [0.29, 0.717) is 22.4 Å². The predicted molar refractivity (Wildman–Crippen MR) is 162 cm³/mol. The molecular formula is C32H40N6O3. The number of pyridine rings is 2. The molecule has 2 aromatic heterocycles. The summed E-state index contributed by atoms with van der Waals surface area (Å²) in [7, 11) is 2.13. The molecule has 3 aromatic rings. The number of nitrogens with one attached hydrogen (secondary N) is 3. The number of aromatic nitrogens is 2. The maximum absolute atomic E-state index is 13.5. The number of hydrogen-bond acceptors (Lipinski definition) is 6. The summed E-state index contributed by atoms with van der Waals surface area (Å²) < 4.78 is 0. The lowest BCUT2D eigenvalue weighted by Gasteiger charge is -2.33. The molecule has 1 saturated carbocycles. The van der Waals surface area contributed by atoms with Gasteiger partial charge in [-0.15, -0.1) is 0 Å². The molecule has 216 valence electrons. The van der Waals surface area contributed by atoms with Gasteiger partial charge in [-0.2, -0.15) is 0 Å². The van der Waals surface area contributed by atoms with Crippen molar-refractivity contribution in [3.8, 4) is 11.1 Å². The Morgan fingerprint density at radius 2 is 1.76 bits per heavy atom. The molecule has 2 aliphatic rings. The zero-order valence-electron chi connectivity index (χ0n) is 24.7. The molecule has 2 fully saturated rings. The molecule has 1 saturated heterocycles. The molecule has 3 heterocycles. The smallest absolute Gasteiger partial charge is 0.253 e. The number of H-pyrrole nitrogens is 1. The second-order valence-electron chi connectivity index (χ2n) is 11.6. The van der Waals surface area contributed by atoms with Crippen molar-refractivity contribution in [2.24, 2.45) is 5.41 Å². The molecule has 2 amide bonds. The molecule has 0 spiro atoms. The van der Waals surface area contributed by atoms with Crippen molar-refractivity contribution in [2.75, 3.05) is 43.4 Å². The molecule has 5 rings (SSSR count). The summed E-state index contributed by atoms with van der Waals surface area (Å²) in [6, 6.07) is 9.69. The SMILES string of the molecule is CCC1(C(=O)Nc2cc(-c3ccc(N4CCN(C)CC4)nc3)cc(C(=O)NCc3c(C)cc(C)[nH]c3=O)c2C)CC1. The quantitative estimate of drug-likeness (QED) is 0.384. The second kappa shape index (κ2) is 11.5. The maximum Gasteiger partial charge on any atom is 0.253 e. The van der Waals surface area contributed by atoms with Crippen LogP contribution in [-0.2, 0) is 11.3 Å². The van der Waals surface area contributed by atoms with Crippen LogP contribution in [0.5, 0.6) is 0 Å². The fourth-order valence-electron chi connectivity index (χ4n) is 5.54. The van der Waals surface area contributed by atoms with Gasteiger partial charge in [0.25, 0.3) is 11.5 Å². The van der Waals surface area contributed by atoms with Crippen molar-refractivity contribution >= 4 is 23.3 Å². The minimum absolute atomic E-state index is 0.00281. The van der Waals surface area contributed by atoms with Gasteiger partial charge in [-0.25, -0.2) is 4.98 Å². The first-order valence-electron chi connectivity index (χ1n) is 14.4. The van der Waals surface area contributed by atoms with E-state index >= 15 is 0 Å². The highest BCUT2D eigenvalue weighted by molar-refractivity contribution is 6.03. The number of aryl methyl sites for hydroxylation is 2. The van der Waals surface area contributed by atoms with Gasteiger partial charge in [0.2, 0.25) is 5.91 Å². The zero-order chi connectivity index (χ0) is 29.3. The van der Waals surface area contributed by atoms with Crippen molar-refractivity contribution in [3.63, 3.8) is 0 Å². The molecule has 0 atom stereocenters. The fourth-order valence-corrected chi connectivity index (χ4v) is 5.54. The van der Waals surface area contributed by atoms with E-state index in [-0.39, 0.29) is 29.3 Å². The monoisotopic (exact) mass is 556 g/mol. The molecule has 9 heteroatoms. The van der Waals surface area contributed by atoms with Crippen molar-refractivity contribution in [3.05, 3.63) is 74.8 Å². The van der Waals surface area contributed by atoms with E-state index in [2.05, 4.69) is 32.5 Å². The van der Waals surface area contributed by atoms with Gasteiger partial charge < -0.3 is 25.4 Å². The minimum atomic E-state index is -0.319. The molecule has 0 radical (unpaired) electrons. The van der Waals surface area contributed by atoms with Crippen LogP contribution in [-0.4, -0.2) is 59.9 Å². The Kier molecular flexibility index (Phi) is 8.00.